The Balaban J connectivity index is 1.97. The van der Waals surface area contributed by atoms with Crippen LogP contribution < -0.4 is 5.32 Å². The molecule has 0 spiro atoms. The van der Waals surface area contributed by atoms with Crippen LogP contribution in [0.1, 0.15) is 48.1 Å². The molecule has 0 aromatic carbocycles. The fourth-order valence-corrected chi connectivity index (χ4v) is 2.68. The Morgan fingerprint density at radius 1 is 1.30 bits per heavy atom. The highest BCUT2D eigenvalue weighted by atomic mass is 15.0. The number of hydrogen-bond acceptors (Lipinski definition) is 4. The van der Waals surface area contributed by atoms with E-state index in [-0.39, 0.29) is 0 Å². The Labute approximate surface area is 119 Å². The highest BCUT2D eigenvalue weighted by Gasteiger charge is 2.19. The molecule has 104 valence electrons. The van der Waals surface area contributed by atoms with Crippen molar-refractivity contribution in [2.24, 2.45) is 0 Å². The van der Waals surface area contributed by atoms with Crippen molar-refractivity contribution in [3.8, 4) is 0 Å². The second-order valence-corrected chi connectivity index (χ2v) is 5.57. The Bertz CT molecular complexity index is 593. The first-order valence-electron chi connectivity index (χ1n) is 7.22. The molecule has 0 atom stereocenters. The van der Waals surface area contributed by atoms with Gasteiger partial charge in [0.1, 0.15) is 5.82 Å². The number of aromatic nitrogens is 3. The predicted octanol–water partition coefficient (Wildman–Crippen LogP) is 2.23. The molecule has 0 unspecified atom stereocenters. The first kappa shape index (κ1) is 13.2. The summed E-state index contributed by atoms with van der Waals surface area (Å²) in [6.07, 6.45) is 5.47. The largest absolute Gasteiger partial charge is 0.311 e. The molecular formula is C16H20N4. The summed E-state index contributed by atoms with van der Waals surface area (Å²) in [6, 6.07) is 4.03. The minimum absolute atomic E-state index is 0.442. The van der Waals surface area contributed by atoms with E-state index in [1.807, 2.05) is 12.3 Å². The second-order valence-electron chi connectivity index (χ2n) is 5.57. The maximum absolute atomic E-state index is 4.81. The lowest BCUT2D eigenvalue weighted by atomic mass is 9.97. The molecule has 0 saturated heterocycles. The molecule has 0 bridgehead atoms. The summed E-state index contributed by atoms with van der Waals surface area (Å²) in [7, 11) is 0. The Kier molecular flexibility index (Phi) is 3.74. The maximum Gasteiger partial charge on any atom is 0.133 e. The predicted molar refractivity (Wildman–Crippen MR) is 78.6 cm³/mol. The fraction of sp³-hybridized carbons (Fsp3) is 0.438. The van der Waals surface area contributed by atoms with Crippen molar-refractivity contribution in [3.63, 3.8) is 0 Å². The van der Waals surface area contributed by atoms with Crippen LogP contribution in [0.25, 0.3) is 0 Å². The van der Waals surface area contributed by atoms with Crippen molar-refractivity contribution in [2.45, 2.75) is 39.2 Å². The van der Waals surface area contributed by atoms with Gasteiger partial charge in [-0.25, -0.2) is 9.97 Å². The summed E-state index contributed by atoms with van der Waals surface area (Å²) in [6.45, 7) is 6.30. The van der Waals surface area contributed by atoms with E-state index in [4.69, 9.17) is 9.97 Å². The van der Waals surface area contributed by atoms with E-state index in [1.165, 1.54) is 17.0 Å². The van der Waals surface area contributed by atoms with Crippen LogP contribution in [0, 0.1) is 0 Å². The Hall–Kier alpha value is -1.81. The molecule has 1 aliphatic rings. The van der Waals surface area contributed by atoms with Crippen LogP contribution in [0.5, 0.6) is 0 Å². The fourth-order valence-electron chi connectivity index (χ4n) is 2.68. The number of rotatable bonds is 3. The van der Waals surface area contributed by atoms with Gasteiger partial charge in [-0.15, -0.1) is 0 Å². The van der Waals surface area contributed by atoms with Crippen LogP contribution in [0.15, 0.2) is 24.5 Å². The molecule has 1 N–H and O–H groups in total. The number of pyridine rings is 1. The van der Waals surface area contributed by atoms with E-state index in [1.54, 1.807) is 6.20 Å². The van der Waals surface area contributed by atoms with Crippen molar-refractivity contribution in [1.82, 2.24) is 20.3 Å². The van der Waals surface area contributed by atoms with Crippen LogP contribution >= 0.6 is 0 Å². The highest BCUT2D eigenvalue weighted by molar-refractivity contribution is 5.31. The number of nitrogens with zero attached hydrogens (tertiary/aromatic N) is 3. The summed E-state index contributed by atoms with van der Waals surface area (Å²) in [5.41, 5.74) is 4.91. The van der Waals surface area contributed by atoms with Crippen molar-refractivity contribution in [1.29, 1.82) is 0 Å². The summed E-state index contributed by atoms with van der Waals surface area (Å²) < 4.78 is 0. The van der Waals surface area contributed by atoms with E-state index in [2.05, 4.69) is 30.2 Å². The molecule has 0 amide bonds. The van der Waals surface area contributed by atoms with Gasteiger partial charge in [0.05, 0.1) is 11.4 Å². The third kappa shape index (κ3) is 2.70. The first-order valence-corrected chi connectivity index (χ1v) is 7.22. The molecule has 2 aromatic rings. The topological polar surface area (TPSA) is 50.7 Å². The van der Waals surface area contributed by atoms with Gasteiger partial charge in [-0.05, 0) is 36.1 Å². The minimum Gasteiger partial charge on any atom is -0.311 e. The van der Waals surface area contributed by atoms with E-state index >= 15 is 0 Å². The number of hydrogen-bond donors (Lipinski definition) is 1. The molecule has 3 heterocycles. The van der Waals surface area contributed by atoms with Gasteiger partial charge in [-0.1, -0.05) is 19.9 Å². The Morgan fingerprint density at radius 2 is 2.20 bits per heavy atom. The van der Waals surface area contributed by atoms with Crippen molar-refractivity contribution >= 4 is 0 Å². The van der Waals surface area contributed by atoms with Crippen LogP contribution in [-0.2, 0) is 19.4 Å². The van der Waals surface area contributed by atoms with Crippen molar-refractivity contribution < 1.29 is 0 Å². The van der Waals surface area contributed by atoms with Gasteiger partial charge < -0.3 is 5.32 Å². The zero-order chi connectivity index (χ0) is 13.9. The van der Waals surface area contributed by atoms with Crippen LogP contribution in [0.2, 0.25) is 0 Å². The van der Waals surface area contributed by atoms with Gasteiger partial charge in [0, 0.05) is 25.4 Å². The third-order valence-corrected chi connectivity index (χ3v) is 3.65. The van der Waals surface area contributed by atoms with Gasteiger partial charge in [0.15, 0.2) is 0 Å². The van der Waals surface area contributed by atoms with Gasteiger partial charge in [-0.3, -0.25) is 4.98 Å². The van der Waals surface area contributed by atoms with Crippen LogP contribution in [0.4, 0.5) is 0 Å². The van der Waals surface area contributed by atoms with Crippen LogP contribution in [-0.4, -0.2) is 21.5 Å². The Morgan fingerprint density at radius 3 is 2.95 bits per heavy atom. The SMILES string of the molecule is CC(C)c1nc(Cc2cccnc2)nc2c1CCNC2. The molecule has 1 aliphatic heterocycles. The average Bonchev–Trinajstić information content (AvgIpc) is 2.47. The van der Waals surface area contributed by atoms with Gasteiger partial charge in [0.2, 0.25) is 0 Å². The summed E-state index contributed by atoms with van der Waals surface area (Å²) in [4.78, 5) is 13.7. The molecule has 4 heteroatoms. The standard InChI is InChI=1S/C16H20N4/c1-11(2)16-13-5-7-18-10-14(13)19-15(20-16)8-12-4-3-6-17-9-12/h3-4,6,9,11,18H,5,7-8,10H2,1-2H3. The minimum atomic E-state index is 0.442. The van der Waals surface area contributed by atoms with Gasteiger partial charge >= 0.3 is 0 Å². The smallest absolute Gasteiger partial charge is 0.133 e. The van der Waals surface area contributed by atoms with E-state index < -0.39 is 0 Å². The lowest BCUT2D eigenvalue weighted by molar-refractivity contribution is 0.601. The van der Waals surface area contributed by atoms with Gasteiger partial charge in [0.25, 0.3) is 0 Å². The molecule has 0 fully saturated rings. The van der Waals surface area contributed by atoms with Gasteiger partial charge in [-0.2, -0.15) is 0 Å². The monoisotopic (exact) mass is 268 g/mol. The zero-order valence-corrected chi connectivity index (χ0v) is 12.1. The molecule has 4 nitrogen and oxygen atoms in total. The highest BCUT2D eigenvalue weighted by Crippen LogP contribution is 2.23. The quantitative estimate of drug-likeness (QED) is 0.927. The third-order valence-electron chi connectivity index (χ3n) is 3.65. The molecule has 3 rings (SSSR count). The maximum atomic E-state index is 4.81. The molecule has 20 heavy (non-hydrogen) atoms. The van der Waals surface area contributed by atoms with E-state index in [0.29, 0.717) is 5.92 Å². The van der Waals surface area contributed by atoms with Crippen molar-refractivity contribution in [3.05, 3.63) is 52.9 Å². The average molecular weight is 268 g/mol. The summed E-state index contributed by atoms with van der Waals surface area (Å²) in [5.74, 6) is 1.35. The zero-order valence-electron chi connectivity index (χ0n) is 12.1. The molecule has 0 saturated carbocycles. The lowest BCUT2D eigenvalue weighted by Gasteiger charge is -2.21. The van der Waals surface area contributed by atoms with Crippen molar-refractivity contribution in [2.75, 3.05) is 6.54 Å². The second kappa shape index (κ2) is 5.67. The number of fused-ring (bicyclic) bond motifs is 1. The van der Waals surface area contributed by atoms with E-state index in [9.17, 15) is 0 Å². The molecule has 0 radical (unpaired) electrons. The molecule has 2 aromatic heterocycles. The number of nitrogens with one attached hydrogen (secondary N) is 1. The summed E-state index contributed by atoms with van der Waals surface area (Å²) in [5, 5.41) is 3.40. The van der Waals surface area contributed by atoms with Crippen LogP contribution in [0.3, 0.4) is 0 Å². The molecule has 0 aliphatic carbocycles. The molecular weight excluding hydrogens is 248 g/mol. The summed E-state index contributed by atoms with van der Waals surface area (Å²) >= 11 is 0. The normalized spacial score (nSPS) is 14.3. The van der Waals surface area contributed by atoms with E-state index in [0.717, 1.165) is 37.3 Å². The first-order chi connectivity index (χ1) is 9.74. The lowest BCUT2D eigenvalue weighted by Crippen LogP contribution is -2.27.